The van der Waals surface area contributed by atoms with Gasteiger partial charge < -0.3 is 0 Å². The van der Waals surface area contributed by atoms with E-state index in [2.05, 4.69) is 45.2 Å². The van der Waals surface area contributed by atoms with Gasteiger partial charge in [-0.2, -0.15) is 0 Å². The van der Waals surface area contributed by atoms with E-state index in [4.69, 9.17) is 7.85 Å². The Bertz CT molecular complexity index is 710. The molecule has 0 aliphatic heterocycles. The molecule has 23 heavy (non-hydrogen) atoms. The van der Waals surface area contributed by atoms with Crippen LogP contribution >= 0.6 is 0 Å². The summed E-state index contributed by atoms with van der Waals surface area (Å²) in [6, 6.07) is 10.7. The summed E-state index contributed by atoms with van der Waals surface area (Å²) in [4.78, 5) is 0. The molecule has 0 fully saturated rings. The van der Waals surface area contributed by atoms with Gasteiger partial charge in [-0.15, -0.1) is 0 Å². The predicted molar refractivity (Wildman–Crippen MR) is 105 cm³/mol. The molecule has 0 aliphatic rings. The number of hydrogen-bond donors (Lipinski definition) is 0. The second-order valence-corrected chi connectivity index (χ2v) is 6.04. The standard InChI is InChI=1S/C22H25B/c1-5-9-20-14-17(6-2)18(7-3)15-21(20)13-12-19-10-8-11-22(23)16(19)4/h6-8,10-11,14-15H,2-3,5,9,12-13H2,1,4H3. The van der Waals surface area contributed by atoms with Crippen LogP contribution in [0.3, 0.4) is 0 Å². The van der Waals surface area contributed by atoms with Gasteiger partial charge in [0, 0.05) is 0 Å². The minimum absolute atomic E-state index is 0.880. The zero-order chi connectivity index (χ0) is 16.8. The maximum Gasteiger partial charge on any atom is 0.114 e. The Kier molecular flexibility index (Phi) is 6.04. The molecule has 116 valence electrons. The highest BCUT2D eigenvalue weighted by atomic mass is 14.1. The van der Waals surface area contributed by atoms with Crippen molar-refractivity contribution >= 4 is 25.5 Å². The molecule has 0 bridgehead atoms. The molecule has 2 rings (SSSR count). The number of benzene rings is 2. The third kappa shape index (κ3) is 4.04. The van der Waals surface area contributed by atoms with Crippen LogP contribution in [0, 0.1) is 6.92 Å². The van der Waals surface area contributed by atoms with Crippen LogP contribution in [0.2, 0.25) is 0 Å². The van der Waals surface area contributed by atoms with Gasteiger partial charge in [0.05, 0.1) is 0 Å². The van der Waals surface area contributed by atoms with Crippen LogP contribution in [-0.2, 0) is 19.3 Å². The molecular formula is C22H25B. The Morgan fingerprint density at radius 2 is 1.48 bits per heavy atom. The summed E-state index contributed by atoms with van der Waals surface area (Å²) in [5.74, 6) is 0. The normalized spacial score (nSPS) is 10.5. The fraction of sp³-hybridized carbons (Fsp3) is 0.273. The highest BCUT2D eigenvalue weighted by molar-refractivity contribution is 6.33. The lowest BCUT2D eigenvalue weighted by Gasteiger charge is -2.14. The van der Waals surface area contributed by atoms with Gasteiger partial charge in [-0.05, 0) is 54.0 Å². The van der Waals surface area contributed by atoms with Crippen molar-refractivity contribution in [1.29, 1.82) is 0 Å². The molecule has 0 atom stereocenters. The zero-order valence-corrected chi connectivity index (χ0v) is 14.4. The van der Waals surface area contributed by atoms with Crippen LogP contribution in [0.1, 0.15) is 46.7 Å². The van der Waals surface area contributed by atoms with E-state index in [1.165, 1.54) is 33.4 Å². The van der Waals surface area contributed by atoms with Crippen LogP contribution in [-0.4, -0.2) is 7.85 Å². The van der Waals surface area contributed by atoms with Gasteiger partial charge in [-0.3, -0.25) is 0 Å². The number of hydrogen-bond acceptors (Lipinski definition) is 0. The molecule has 0 N–H and O–H groups in total. The minimum Gasteiger partial charge on any atom is -0.0984 e. The van der Waals surface area contributed by atoms with Gasteiger partial charge >= 0.3 is 0 Å². The monoisotopic (exact) mass is 300 g/mol. The predicted octanol–water partition coefficient (Wildman–Crippen LogP) is 4.81. The molecule has 0 heterocycles. The van der Waals surface area contributed by atoms with Gasteiger partial charge in [0.25, 0.3) is 0 Å². The van der Waals surface area contributed by atoms with Crippen LogP contribution in [0.25, 0.3) is 12.2 Å². The Morgan fingerprint density at radius 3 is 2.04 bits per heavy atom. The topological polar surface area (TPSA) is 0 Å². The molecule has 2 aromatic rings. The smallest absolute Gasteiger partial charge is 0.0984 e. The average molecular weight is 300 g/mol. The van der Waals surface area contributed by atoms with Crippen LogP contribution in [0.5, 0.6) is 0 Å². The largest absolute Gasteiger partial charge is 0.114 e. The lowest BCUT2D eigenvalue weighted by atomic mass is 9.86. The summed E-state index contributed by atoms with van der Waals surface area (Å²) >= 11 is 0. The molecule has 2 aromatic carbocycles. The SMILES string of the molecule is [B]c1cccc(CCc2cc(C=C)c(C=C)cc2CCC)c1C. The first-order valence-corrected chi connectivity index (χ1v) is 8.35. The first kappa shape index (κ1) is 17.3. The summed E-state index contributed by atoms with van der Waals surface area (Å²) in [6.07, 6.45) is 8.12. The van der Waals surface area contributed by atoms with Gasteiger partial charge in [-0.1, -0.05) is 80.0 Å². The Morgan fingerprint density at radius 1 is 0.913 bits per heavy atom. The van der Waals surface area contributed by atoms with E-state index >= 15 is 0 Å². The molecule has 0 aliphatic carbocycles. The maximum atomic E-state index is 6.03. The molecule has 0 amide bonds. The molecule has 0 unspecified atom stereocenters. The van der Waals surface area contributed by atoms with E-state index in [1.54, 1.807) is 0 Å². The quantitative estimate of drug-likeness (QED) is 0.644. The zero-order valence-electron chi connectivity index (χ0n) is 14.4. The minimum atomic E-state index is 0.880. The van der Waals surface area contributed by atoms with E-state index in [1.807, 2.05) is 24.3 Å². The fourth-order valence-corrected chi connectivity index (χ4v) is 3.06. The van der Waals surface area contributed by atoms with Gasteiger partial charge in [0.2, 0.25) is 0 Å². The third-order valence-electron chi connectivity index (χ3n) is 4.52. The summed E-state index contributed by atoms with van der Waals surface area (Å²) in [5.41, 5.74) is 8.59. The van der Waals surface area contributed by atoms with Crippen LogP contribution < -0.4 is 5.46 Å². The molecule has 0 saturated heterocycles. The van der Waals surface area contributed by atoms with E-state index < -0.39 is 0 Å². The van der Waals surface area contributed by atoms with Crippen molar-refractivity contribution in [2.45, 2.75) is 39.5 Å². The summed E-state index contributed by atoms with van der Waals surface area (Å²) in [5, 5.41) is 0. The summed E-state index contributed by atoms with van der Waals surface area (Å²) in [6.45, 7) is 12.2. The third-order valence-corrected chi connectivity index (χ3v) is 4.52. The highest BCUT2D eigenvalue weighted by Gasteiger charge is 2.08. The molecule has 0 spiro atoms. The number of rotatable bonds is 7. The molecule has 0 saturated carbocycles. The number of aryl methyl sites for hydroxylation is 3. The molecule has 1 heteroatoms. The van der Waals surface area contributed by atoms with Crippen LogP contribution in [0.15, 0.2) is 43.5 Å². The lowest BCUT2D eigenvalue weighted by Crippen LogP contribution is -2.10. The maximum absolute atomic E-state index is 6.03. The lowest BCUT2D eigenvalue weighted by molar-refractivity contribution is 0.872. The summed E-state index contributed by atoms with van der Waals surface area (Å²) < 4.78 is 0. The van der Waals surface area contributed by atoms with Crippen molar-refractivity contribution in [2.75, 3.05) is 0 Å². The van der Waals surface area contributed by atoms with Crippen molar-refractivity contribution in [3.05, 3.63) is 76.9 Å². The Hall–Kier alpha value is -2.02. The van der Waals surface area contributed by atoms with E-state index in [-0.39, 0.29) is 0 Å². The van der Waals surface area contributed by atoms with Gasteiger partial charge in [0.15, 0.2) is 0 Å². The Labute approximate surface area is 142 Å². The average Bonchev–Trinajstić information content (AvgIpc) is 2.56. The van der Waals surface area contributed by atoms with Gasteiger partial charge in [-0.25, -0.2) is 0 Å². The summed E-state index contributed by atoms with van der Waals surface area (Å²) in [7, 11) is 6.03. The van der Waals surface area contributed by atoms with Crippen molar-refractivity contribution in [2.24, 2.45) is 0 Å². The highest BCUT2D eigenvalue weighted by Crippen LogP contribution is 2.23. The molecular weight excluding hydrogens is 275 g/mol. The molecule has 2 radical (unpaired) electrons. The molecule has 0 aromatic heterocycles. The van der Waals surface area contributed by atoms with Crippen molar-refractivity contribution < 1.29 is 0 Å². The van der Waals surface area contributed by atoms with Crippen molar-refractivity contribution in [3.63, 3.8) is 0 Å². The second kappa shape index (κ2) is 8.01. The van der Waals surface area contributed by atoms with Gasteiger partial charge in [0.1, 0.15) is 7.85 Å². The van der Waals surface area contributed by atoms with E-state index in [0.29, 0.717) is 0 Å². The fourth-order valence-electron chi connectivity index (χ4n) is 3.06. The molecule has 0 nitrogen and oxygen atoms in total. The first-order chi connectivity index (χ1) is 11.1. The first-order valence-electron chi connectivity index (χ1n) is 8.35. The van der Waals surface area contributed by atoms with E-state index in [9.17, 15) is 0 Å². The van der Waals surface area contributed by atoms with Crippen molar-refractivity contribution in [1.82, 2.24) is 0 Å². The van der Waals surface area contributed by atoms with Crippen LogP contribution in [0.4, 0.5) is 0 Å². The van der Waals surface area contributed by atoms with Crippen molar-refractivity contribution in [3.8, 4) is 0 Å². The Balaban J connectivity index is 2.32. The van der Waals surface area contributed by atoms with E-state index in [0.717, 1.165) is 31.1 Å². The second-order valence-electron chi connectivity index (χ2n) is 6.04.